The minimum Gasteiger partial charge on any atom is -0.381 e. The van der Waals surface area contributed by atoms with Crippen LogP contribution in [0.2, 0.25) is 0 Å². The van der Waals surface area contributed by atoms with Crippen LogP contribution in [0, 0.1) is 5.41 Å². The van der Waals surface area contributed by atoms with E-state index >= 15 is 0 Å². The van der Waals surface area contributed by atoms with Crippen LogP contribution in [-0.4, -0.2) is 39.1 Å². The van der Waals surface area contributed by atoms with E-state index in [4.69, 9.17) is 25.8 Å². The summed E-state index contributed by atoms with van der Waals surface area (Å²) < 4.78 is 16.1. The van der Waals surface area contributed by atoms with Crippen molar-refractivity contribution in [2.24, 2.45) is 5.41 Å². The predicted molar refractivity (Wildman–Crippen MR) is 55.7 cm³/mol. The van der Waals surface area contributed by atoms with Gasteiger partial charge in [0.05, 0.1) is 25.2 Å². The Morgan fingerprint density at radius 2 is 2.07 bits per heavy atom. The fourth-order valence-corrected chi connectivity index (χ4v) is 1.58. The van der Waals surface area contributed by atoms with Crippen LogP contribution in [0.4, 0.5) is 0 Å². The fraction of sp³-hybridized carbons (Fsp3) is 1.00. The molecule has 0 atom stereocenters. The Balaban J connectivity index is 2.22. The molecular formula is C10H19ClO3. The summed E-state index contributed by atoms with van der Waals surface area (Å²) in [6, 6.07) is 0. The first kappa shape index (κ1) is 12.2. The summed E-state index contributed by atoms with van der Waals surface area (Å²) in [6.07, 6.45) is 2.25. The van der Waals surface area contributed by atoms with Crippen molar-refractivity contribution in [1.29, 1.82) is 0 Å². The maximum Gasteiger partial charge on any atom is 0.146 e. The van der Waals surface area contributed by atoms with Gasteiger partial charge in [-0.15, -0.1) is 11.6 Å². The number of hydrogen-bond donors (Lipinski definition) is 0. The predicted octanol–water partition coefficient (Wildman–Crippen LogP) is 2.03. The van der Waals surface area contributed by atoms with Crippen LogP contribution in [0.1, 0.15) is 19.8 Å². The maximum atomic E-state index is 5.91. The highest BCUT2D eigenvalue weighted by molar-refractivity contribution is 6.18. The minimum absolute atomic E-state index is 0.131. The second-order valence-corrected chi connectivity index (χ2v) is 4.12. The molecule has 14 heavy (non-hydrogen) atoms. The van der Waals surface area contributed by atoms with Crippen LogP contribution >= 0.6 is 11.6 Å². The van der Waals surface area contributed by atoms with Crippen molar-refractivity contribution < 1.29 is 14.2 Å². The van der Waals surface area contributed by atoms with E-state index in [2.05, 4.69) is 6.92 Å². The summed E-state index contributed by atoms with van der Waals surface area (Å²) in [6.45, 7) is 5.25. The number of hydrogen-bond acceptors (Lipinski definition) is 3. The first-order chi connectivity index (χ1) is 6.83. The van der Waals surface area contributed by atoms with Gasteiger partial charge < -0.3 is 14.2 Å². The van der Waals surface area contributed by atoms with Crippen molar-refractivity contribution in [3.05, 3.63) is 0 Å². The average Bonchev–Trinajstić information content (AvgIpc) is 2.26. The largest absolute Gasteiger partial charge is 0.381 e. The van der Waals surface area contributed by atoms with E-state index < -0.39 is 0 Å². The monoisotopic (exact) mass is 222 g/mol. The number of halogens is 1. The molecule has 1 rings (SSSR count). The van der Waals surface area contributed by atoms with E-state index in [1.165, 1.54) is 0 Å². The van der Waals surface area contributed by atoms with Crippen molar-refractivity contribution in [3.8, 4) is 0 Å². The zero-order valence-electron chi connectivity index (χ0n) is 8.76. The van der Waals surface area contributed by atoms with Crippen LogP contribution in [-0.2, 0) is 14.2 Å². The molecule has 0 radical (unpaired) electrons. The summed E-state index contributed by atoms with van der Waals surface area (Å²) in [4.78, 5) is 0. The van der Waals surface area contributed by atoms with Gasteiger partial charge in [0, 0.05) is 12.5 Å². The smallest absolute Gasteiger partial charge is 0.146 e. The van der Waals surface area contributed by atoms with E-state index in [0.29, 0.717) is 32.5 Å². The molecule has 84 valence electrons. The molecule has 0 N–H and O–H groups in total. The zero-order valence-corrected chi connectivity index (χ0v) is 9.52. The number of alkyl halides is 1. The van der Waals surface area contributed by atoms with Crippen molar-refractivity contribution >= 4 is 11.6 Å². The molecule has 0 aromatic rings. The zero-order chi connectivity index (χ0) is 10.3. The molecule has 0 spiro atoms. The lowest BCUT2D eigenvalue weighted by atomic mass is 9.93. The lowest BCUT2D eigenvalue weighted by Gasteiger charge is -2.34. The average molecular weight is 223 g/mol. The van der Waals surface area contributed by atoms with Gasteiger partial charge in [-0.1, -0.05) is 13.3 Å². The first-order valence-electron chi connectivity index (χ1n) is 5.12. The molecule has 0 aromatic heterocycles. The molecule has 3 nitrogen and oxygen atoms in total. The highest BCUT2D eigenvalue weighted by atomic mass is 35.5. The van der Waals surface area contributed by atoms with Crippen molar-refractivity contribution in [1.82, 2.24) is 0 Å². The topological polar surface area (TPSA) is 27.7 Å². The summed E-state index contributed by atoms with van der Waals surface area (Å²) in [5.74, 6) is 0.527. The Morgan fingerprint density at radius 3 is 2.64 bits per heavy atom. The van der Waals surface area contributed by atoms with E-state index in [-0.39, 0.29) is 5.41 Å². The van der Waals surface area contributed by atoms with Gasteiger partial charge in [0.25, 0.3) is 0 Å². The Bertz CT molecular complexity index is 146. The molecule has 4 heteroatoms. The normalized spacial score (nSPS) is 21.0. The van der Waals surface area contributed by atoms with E-state index in [0.717, 1.165) is 19.4 Å². The highest BCUT2D eigenvalue weighted by Gasteiger charge is 2.33. The van der Waals surface area contributed by atoms with Gasteiger partial charge in [-0.2, -0.15) is 0 Å². The van der Waals surface area contributed by atoms with Gasteiger partial charge in [0.1, 0.15) is 6.79 Å². The number of ether oxygens (including phenoxy) is 3. The van der Waals surface area contributed by atoms with Gasteiger partial charge in [-0.25, -0.2) is 0 Å². The third-order valence-corrected chi connectivity index (χ3v) is 2.88. The second-order valence-electron chi connectivity index (χ2n) is 3.85. The minimum atomic E-state index is -0.131. The molecule has 0 aromatic carbocycles. The summed E-state index contributed by atoms with van der Waals surface area (Å²) in [7, 11) is 0. The van der Waals surface area contributed by atoms with E-state index in [1.807, 2.05) is 0 Å². The standard InChI is InChI=1S/C10H19ClO3/c1-2-3-4-12-6-10(5-11)7-13-9-14-8-10/h2-9H2,1H3. The van der Waals surface area contributed by atoms with Gasteiger partial charge in [-0.3, -0.25) is 0 Å². The molecule has 0 aliphatic carbocycles. The summed E-state index contributed by atoms with van der Waals surface area (Å²) in [5, 5.41) is 0. The molecule has 1 heterocycles. The van der Waals surface area contributed by atoms with Gasteiger partial charge in [-0.05, 0) is 6.42 Å². The lowest BCUT2D eigenvalue weighted by Crippen LogP contribution is -2.43. The van der Waals surface area contributed by atoms with Crippen LogP contribution in [0.25, 0.3) is 0 Å². The molecule has 1 saturated heterocycles. The molecular weight excluding hydrogens is 204 g/mol. The molecule has 0 saturated carbocycles. The summed E-state index contributed by atoms with van der Waals surface area (Å²) in [5.41, 5.74) is -0.131. The first-order valence-corrected chi connectivity index (χ1v) is 5.66. The molecule has 1 aliphatic rings. The Labute approximate surface area is 90.7 Å². The number of rotatable bonds is 6. The van der Waals surface area contributed by atoms with Crippen LogP contribution in [0.3, 0.4) is 0 Å². The Hall–Kier alpha value is 0.170. The fourth-order valence-electron chi connectivity index (χ4n) is 1.35. The van der Waals surface area contributed by atoms with Crippen LogP contribution in [0.15, 0.2) is 0 Å². The maximum absolute atomic E-state index is 5.91. The van der Waals surface area contributed by atoms with Gasteiger partial charge >= 0.3 is 0 Å². The lowest BCUT2D eigenvalue weighted by molar-refractivity contribution is -0.173. The van der Waals surface area contributed by atoms with Gasteiger partial charge in [0.15, 0.2) is 0 Å². The molecule has 1 aliphatic heterocycles. The van der Waals surface area contributed by atoms with Crippen molar-refractivity contribution in [2.45, 2.75) is 19.8 Å². The quantitative estimate of drug-likeness (QED) is 0.509. The van der Waals surface area contributed by atoms with Crippen LogP contribution < -0.4 is 0 Å². The highest BCUT2D eigenvalue weighted by Crippen LogP contribution is 2.24. The third kappa shape index (κ3) is 3.73. The van der Waals surface area contributed by atoms with Crippen molar-refractivity contribution in [3.63, 3.8) is 0 Å². The Kier molecular flexibility index (Phi) is 5.78. The van der Waals surface area contributed by atoms with Gasteiger partial charge in [0.2, 0.25) is 0 Å². The molecule has 0 amide bonds. The summed E-state index contributed by atoms with van der Waals surface area (Å²) >= 11 is 5.91. The second kappa shape index (κ2) is 6.62. The molecule has 1 fully saturated rings. The Morgan fingerprint density at radius 1 is 1.36 bits per heavy atom. The van der Waals surface area contributed by atoms with E-state index in [1.54, 1.807) is 0 Å². The molecule has 0 bridgehead atoms. The van der Waals surface area contributed by atoms with Crippen LogP contribution in [0.5, 0.6) is 0 Å². The van der Waals surface area contributed by atoms with E-state index in [9.17, 15) is 0 Å². The number of unbranched alkanes of at least 4 members (excludes halogenated alkanes) is 1. The third-order valence-electron chi connectivity index (χ3n) is 2.32. The van der Waals surface area contributed by atoms with Crippen molar-refractivity contribution in [2.75, 3.05) is 39.1 Å². The SMILES string of the molecule is CCCCOCC1(CCl)COCOC1. The molecule has 0 unspecified atom stereocenters.